The number of hydrogen-bond donors (Lipinski definition) is 1. The van der Waals surface area contributed by atoms with Crippen LogP contribution in [0.15, 0.2) is 50.7 Å². The number of fused-ring (bicyclic) bond motifs is 1. The van der Waals surface area contributed by atoms with Crippen LogP contribution in [0, 0.1) is 0 Å². The highest BCUT2D eigenvalue weighted by atomic mass is 79.9. The van der Waals surface area contributed by atoms with Crippen molar-refractivity contribution >= 4 is 50.1 Å². The number of thiophene rings is 1. The van der Waals surface area contributed by atoms with E-state index in [0.717, 1.165) is 14.7 Å². The van der Waals surface area contributed by atoms with Gasteiger partial charge in [-0.15, -0.1) is 11.3 Å². The number of rotatable bonds is 5. The second kappa shape index (κ2) is 7.19. The van der Waals surface area contributed by atoms with Gasteiger partial charge in [0, 0.05) is 14.7 Å². The largest absolute Gasteiger partial charge is 0.469 e. The number of nitrogens with one attached hydrogen (secondary N) is 1. The summed E-state index contributed by atoms with van der Waals surface area (Å²) in [4.78, 5) is 25.0. The highest BCUT2D eigenvalue weighted by molar-refractivity contribution is 9.10. The van der Waals surface area contributed by atoms with Crippen molar-refractivity contribution in [2.24, 2.45) is 0 Å². The van der Waals surface area contributed by atoms with Crippen LogP contribution in [-0.2, 0) is 9.53 Å². The van der Waals surface area contributed by atoms with Crippen molar-refractivity contribution in [3.63, 3.8) is 0 Å². The summed E-state index contributed by atoms with van der Waals surface area (Å²) in [6, 6.07) is 10.5. The Hall–Kier alpha value is -2.12. The van der Waals surface area contributed by atoms with Gasteiger partial charge in [-0.2, -0.15) is 0 Å². The van der Waals surface area contributed by atoms with Crippen molar-refractivity contribution < 1.29 is 18.7 Å². The van der Waals surface area contributed by atoms with Gasteiger partial charge >= 0.3 is 5.97 Å². The first-order valence-electron chi connectivity index (χ1n) is 7.17. The predicted octanol–water partition coefficient (Wildman–Crippen LogP) is 4.29. The maximum atomic E-state index is 12.5. The fourth-order valence-corrected chi connectivity index (χ4v) is 3.47. The normalized spacial score (nSPS) is 12.1. The minimum atomic E-state index is -0.454. The SMILES string of the molecule is COC(=O)CC(NC(=O)c1cc2cc(Br)ccc2o1)c1cccs1. The van der Waals surface area contributed by atoms with Crippen LogP contribution < -0.4 is 5.32 Å². The summed E-state index contributed by atoms with van der Waals surface area (Å²) in [6.07, 6.45) is 0.0640. The molecule has 124 valence electrons. The molecule has 7 heteroatoms. The first-order chi connectivity index (χ1) is 11.6. The van der Waals surface area contributed by atoms with E-state index in [1.807, 2.05) is 29.6 Å². The zero-order chi connectivity index (χ0) is 17.1. The second-order valence-corrected chi connectivity index (χ2v) is 7.01. The predicted molar refractivity (Wildman–Crippen MR) is 95.1 cm³/mol. The molecule has 2 aromatic heterocycles. The van der Waals surface area contributed by atoms with Gasteiger partial charge in [-0.3, -0.25) is 9.59 Å². The number of carbonyl (C=O) groups is 2. The van der Waals surface area contributed by atoms with E-state index in [1.54, 1.807) is 12.1 Å². The van der Waals surface area contributed by atoms with E-state index in [4.69, 9.17) is 9.15 Å². The average Bonchev–Trinajstić information content (AvgIpc) is 3.22. The third-order valence-corrected chi connectivity index (χ3v) is 4.97. The molecule has 2 heterocycles. The van der Waals surface area contributed by atoms with E-state index in [-0.39, 0.29) is 24.1 Å². The summed E-state index contributed by atoms with van der Waals surface area (Å²) >= 11 is 4.86. The number of carbonyl (C=O) groups excluding carboxylic acids is 2. The lowest BCUT2D eigenvalue weighted by Gasteiger charge is -2.15. The molecule has 0 aliphatic carbocycles. The Bertz CT molecular complexity index is 872. The second-order valence-electron chi connectivity index (χ2n) is 5.11. The van der Waals surface area contributed by atoms with Gasteiger partial charge in [-0.1, -0.05) is 22.0 Å². The topological polar surface area (TPSA) is 68.5 Å². The third kappa shape index (κ3) is 3.68. The lowest BCUT2D eigenvalue weighted by molar-refractivity contribution is -0.141. The zero-order valence-electron chi connectivity index (χ0n) is 12.7. The fraction of sp³-hybridized carbons (Fsp3) is 0.176. The van der Waals surface area contributed by atoms with Gasteiger partial charge in [-0.05, 0) is 35.7 Å². The van der Waals surface area contributed by atoms with Gasteiger partial charge < -0.3 is 14.5 Å². The highest BCUT2D eigenvalue weighted by Gasteiger charge is 2.22. The summed E-state index contributed by atoms with van der Waals surface area (Å²) < 4.78 is 11.2. The molecule has 5 nitrogen and oxygen atoms in total. The van der Waals surface area contributed by atoms with Crippen molar-refractivity contribution in [2.45, 2.75) is 12.5 Å². The number of esters is 1. The van der Waals surface area contributed by atoms with Crippen molar-refractivity contribution in [1.82, 2.24) is 5.32 Å². The minimum absolute atomic E-state index is 0.0640. The quantitative estimate of drug-likeness (QED) is 0.640. The molecule has 0 saturated carbocycles. The molecule has 1 N–H and O–H groups in total. The number of methoxy groups -OCH3 is 1. The van der Waals surface area contributed by atoms with Crippen LogP contribution in [0.2, 0.25) is 0 Å². The Morgan fingerprint density at radius 2 is 2.17 bits per heavy atom. The van der Waals surface area contributed by atoms with Crippen LogP contribution in [0.4, 0.5) is 0 Å². The standard InChI is InChI=1S/C17H14BrNO4S/c1-22-16(20)9-12(15-3-2-6-24-15)19-17(21)14-8-10-7-11(18)4-5-13(10)23-14/h2-8,12H,9H2,1H3,(H,19,21). The summed E-state index contributed by atoms with van der Waals surface area (Å²) in [5, 5.41) is 5.56. The van der Waals surface area contributed by atoms with Crippen LogP contribution in [0.1, 0.15) is 27.9 Å². The van der Waals surface area contributed by atoms with Gasteiger partial charge in [0.15, 0.2) is 5.76 Å². The molecule has 3 aromatic rings. The summed E-state index contributed by atoms with van der Waals surface area (Å²) in [6.45, 7) is 0. The molecule has 3 rings (SSSR count). The summed E-state index contributed by atoms with van der Waals surface area (Å²) in [7, 11) is 1.33. The molecule has 0 aliphatic heterocycles. The smallest absolute Gasteiger partial charge is 0.307 e. The molecule has 1 aromatic carbocycles. The Morgan fingerprint density at radius 1 is 1.33 bits per heavy atom. The minimum Gasteiger partial charge on any atom is -0.469 e. The van der Waals surface area contributed by atoms with Crippen molar-refractivity contribution in [1.29, 1.82) is 0 Å². The first-order valence-corrected chi connectivity index (χ1v) is 8.84. The molecule has 0 radical (unpaired) electrons. The van der Waals surface area contributed by atoms with Gasteiger partial charge in [-0.25, -0.2) is 0 Å². The molecule has 0 bridgehead atoms. The lowest BCUT2D eigenvalue weighted by atomic mass is 10.1. The lowest BCUT2D eigenvalue weighted by Crippen LogP contribution is -2.29. The van der Waals surface area contributed by atoms with Crippen LogP contribution >= 0.6 is 27.3 Å². The number of furan rings is 1. The van der Waals surface area contributed by atoms with Crippen molar-refractivity contribution in [2.75, 3.05) is 7.11 Å². The molecule has 0 saturated heterocycles. The van der Waals surface area contributed by atoms with Crippen LogP contribution in [-0.4, -0.2) is 19.0 Å². The monoisotopic (exact) mass is 407 g/mol. The highest BCUT2D eigenvalue weighted by Crippen LogP contribution is 2.26. The third-order valence-electron chi connectivity index (χ3n) is 3.49. The summed E-state index contributed by atoms with van der Waals surface area (Å²) in [5.74, 6) is -0.554. The number of hydrogen-bond acceptors (Lipinski definition) is 5. The maximum Gasteiger partial charge on any atom is 0.307 e. The average molecular weight is 408 g/mol. The number of amides is 1. The van der Waals surface area contributed by atoms with Crippen LogP contribution in [0.25, 0.3) is 11.0 Å². The van der Waals surface area contributed by atoms with E-state index in [0.29, 0.717) is 5.58 Å². The summed E-state index contributed by atoms with van der Waals surface area (Å²) in [5.41, 5.74) is 0.629. The maximum absolute atomic E-state index is 12.5. The van der Waals surface area contributed by atoms with E-state index >= 15 is 0 Å². The van der Waals surface area contributed by atoms with Gasteiger partial charge in [0.1, 0.15) is 5.58 Å². The Morgan fingerprint density at radius 3 is 2.88 bits per heavy atom. The van der Waals surface area contributed by atoms with Gasteiger partial charge in [0.25, 0.3) is 5.91 Å². The fourth-order valence-electron chi connectivity index (χ4n) is 2.32. The van der Waals surface area contributed by atoms with Gasteiger partial charge in [0.05, 0.1) is 19.6 Å². The van der Waals surface area contributed by atoms with Crippen LogP contribution in [0.5, 0.6) is 0 Å². The van der Waals surface area contributed by atoms with Crippen LogP contribution in [0.3, 0.4) is 0 Å². The Balaban J connectivity index is 1.82. The van der Waals surface area contributed by atoms with E-state index in [2.05, 4.69) is 21.2 Å². The molecular formula is C17H14BrNO4S. The van der Waals surface area contributed by atoms with Crippen molar-refractivity contribution in [3.05, 3.63) is 56.9 Å². The zero-order valence-corrected chi connectivity index (χ0v) is 15.1. The van der Waals surface area contributed by atoms with E-state index < -0.39 is 6.04 Å². The number of halogens is 1. The van der Waals surface area contributed by atoms with Gasteiger partial charge in [0.2, 0.25) is 0 Å². The molecular weight excluding hydrogens is 394 g/mol. The first kappa shape index (κ1) is 16.7. The molecule has 24 heavy (non-hydrogen) atoms. The number of ether oxygens (including phenoxy) is 1. The molecule has 0 aliphatic rings. The molecule has 0 fully saturated rings. The Labute approximate surface area is 150 Å². The molecule has 1 unspecified atom stereocenters. The molecule has 1 atom stereocenters. The van der Waals surface area contributed by atoms with Crippen molar-refractivity contribution in [3.8, 4) is 0 Å². The number of benzene rings is 1. The molecule has 1 amide bonds. The van der Waals surface area contributed by atoms with E-state index in [1.165, 1.54) is 18.4 Å². The molecule has 0 spiro atoms. The Kier molecular flexibility index (Phi) is 5.01. The van der Waals surface area contributed by atoms with E-state index in [9.17, 15) is 9.59 Å².